The van der Waals surface area contributed by atoms with E-state index < -0.39 is 97.5 Å². The third-order valence-corrected chi connectivity index (χ3v) is 5.33. The van der Waals surface area contributed by atoms with Crippen LogP contribution in [0.3, 0.4) is 0 Å². The van der Waals surface area contributed by atoms with Gasteiger partial charge in [-0.25, -0.2) is 0 Å². The molecule has 0 amide bonds. The van der Waals surface area contributed by atoms with Crippen LogP contribution in [0.1, 0.15) is 38.5 Å². The average Bonchev–Trinajstić information content (AvgIpc) is 2.86. The Morgan fingerprint density at radius 3 is 1.44 bits per heavy atom. The number of unbranched alkanes of at least 4 members (excludes halogenated alkanes) is 1. The molecule has 8 nitrogen and oxygen atoms in total. The van der Waals surface area contributed by atoms with Crippen molar-refractivity contribution in [3.8, 4) is 0 Å². The first kappa shape index (κ1) is 44.3. The molecule has 0 aliphatic carbocycles. The number of halogens is 17. The zero-order chi connectivity index (χ0) is 36.7. The van der Waals surface area contributed by atoms with Crippen molar-refractivity contribution in [2.75, 3.05) is 13.2 Å². The number of aliphatic carboxylic acids is 2. The molecule has 0 heterocycles. The summed E-state index contributed by atoms with van der Waals surface area (Å²) in [4.78, 5) is 31.1. The number of esters is 1. The lowest BCUT2D eigenvalue weighted by atomic mass is 9.88. The molecule has 0 saturated heterocycles. The molecule has 1 atom stereocenters. The van der Waals surface area contributed by atoms with E-state index in [1.807, 2.05) is 0 Å². The molecule has 0 aromatic rings. The number of hydrogen-bond donors (Lipinski definition) is 3. The molecule has 6 N–H and O–H groups in total. The standard InChI is InChI=1S/C14H9F17O4.C6H14N2O2/c15-7(16,3-4-35-6(34)2-1-5(32)33)8(17,18)9(19,20)10(21,22)11(23,24)12(25,26)13(27,28)14(29,30)31;7-4-2-1-3-5(8)6(9)10/h1-4H2,(H,32,33);5H,1-4,7-8H2,(H,9,10)/t;5-/m.0/s1. The first-order chi connectivity index (χ1) is 19.7. The number of hydrogen-bond acceptors (Lipinski definition) is 6. The van der Waals surface area contributed by atoms with Crippen LogP contribution in [0.2, 0.25) is 0 Å². The van der Waals surface area contributed by atoms with Gasteiger partial charge in [-0.15, -0.1) is 0 Å². The van der Waals surface area contributed by atoms with Crippen molar-refractivity contribution in [1.82, 2.24) is 0 Å². The Morgan fingerprint density at radius 2 is 1.09 bits per heavy atom. The van der Waals surface area contributed by atoms with E-state index in [4.69, 9.17) is 10.8 Å². The maximum Gasteiger partial charge on any atom is 0.460 e. The largest absolute Gasteiger partial charge is 0.550 e. The fourth-order valence-electron chi connectivity index (χ4n) is 2.59. The Labute approximate surface area is 239 Å². The molecule has 0 aromatic heterocycles. The predicted molar refractivity (Wildman–Crippen MR) is 108 cm³/mol. The van der Waals surface area contributed by atoms with Crippen molar-refractivity contribution in [3.63, 3.8) is 0 Å². The van der Waals surface area contributed by atoms with E-state index in [0.717, 1.165) is 19.4 Å². The quantitative estimate of drug-likeness (QED) is 0.119. The van der Waals surface area contributed by atoms with Gasteiger partial charge in [0.25, 0.3) is 0 Å². The Morgan fingerprint density at radius 1 is 0.689 bits per heavy atom. The number of carbonyl (C=O) groups is 3. The van der Waals surface area contributed by atoms with Gasteiger partial charge in [-0.1, -0.05) is 0 Å². The third kappa shape index (κ3) is 9.57. The molecular formula is C20H23F17N2O6. The smallest absolute Gasteiger partial charge is 0.460 e. The average molecular weight is 710 g/mol. The molecular weight excluding hydrogens is 687 g/mol. The molecule has 0 radical (unpaired) electrons. The summed E-state index contributed by atoms with van der Waals surface area (Å²) < 4.78 is 225. The van der Waals surface area contributed by atoms with Crippen LogP contribution in [0, 0.1) is 0 Å². The molecule has 0 aliphatic rings. The maximum absolute atomic E-state index is 13.5. The van der Waals surface area contributed by atoms with Gasteiger partial charge < -0.3 is 31.2 Å². The number of rotatable bonds is 17. The first-order valence-electron chi connectivity index (χ1n) is 11.6. The second kappa shape index (κ2) is 15.2. The molecule has 0 fully saturated rings. The van der Waals surface area contributed by atoms with Crippen molar-refractivity contribution in [3.05, 3.63) is 0 Å². The molecule has 0 spiro atoms. The van der Waals surface area contributed by atoms with Crippen LogP contribution < -0.4 is 16.6 Å². The third-order valence-electron chi connectivity index (χ3n) is 5.33. The molecule has 0 aromatic carbocycles. The van der Waals surface area contributed by atoms with Crippen molar-refractivity contribution in [2.24, 2.45) is 5.73 Å². The molecule has 0 bridgehead atoms. The van der Waals surface area contributed by atoms with Crippen LogP contribution in [0.5, 0.6) is 0 Å². The van der Waals surface area contributed by atoms with Crippen molar-refractivity contribution >= 4 is 17.9 Å². The lowest BCUT2D eigenvalue weighted by Gasteiger charge is -2.42. The number of ether oxygens (including phenoxy) is 1. The summed E-state index contributed by atoms with van der Waals surface area (Å²) in [6, 6.07) is -0.688. The highest BCUT2D eigenvalue weighted by atomic mass is 19.4. The topological polar surface area (TPSA) is 157 Å². The van der Waals surface area contributed by atoms with E-state index in [2.05, 4.69) is 10.5 Å². The fourth-order valence-corrected chi connectivity index (χ4v) is 2.59. The van der Waals surface area contributed by atoms with Crippen LogP contribution in [0.25, 0.3) is 0 Å². The van der Waals surface area contributed by atoms with Crippen molar-refractivity contribution in [1.29, 1.82) is 0 Å². The van der Waals surface area contributed by atoms with E-state index >= 15 is 0 Å². The molecule has 0 aliphatic heterocycles. The molecule has 25 heteroatoms. The van der Waals surface area contributed by atoms with Crippen molar-refractivity contribution in [2.45, 2.75) is 92.2 Å². The lowest BCUT2D eigenvalue weighted by Crippen LogP contribution is -2.74. The summed E-state index contributed by atoms with van der Waals surface area (Å²) >= 11 is 0. The number of nitrogens with two attached hydrogens (primary N) is 1. The monoisotopic (exact) mass is 710 g/mol. The van der Waals surface area contributed by atoms with Crippen molar-refractivity contribution < 1.29 is 110 Å². The van der Waals surface area contributed by atoms with Crippen LogP contribution >= 0.6 is 0 Å². The maximum atomic E-state index is 13.5. The van der Waals surface area contributed by atoms with Gasteiger partial charge in [0.15, 0.2) is 0 Å². The van der Waals surface area contributed by atoms with Gasteiger partial charge in [-0.05, 0) is 25.7 Å². The highest BCUT2D eigenvalue weighted by Gasteiger charge is 2.95. The highest BCUT2D eigenvalue weighted by Crippen LogP contribution is 2.64. The Balaban J connectivity index is 0. The zero-order valence-corrected chi connectivity index (χ0v) is 21.9. The summed E-state index contributed by atoms with van der Waals surface area (Å²) in [7, 11) is 0. The van der Waals surface area contributed by atoms with E-state index in [-0.39, 0.29) is 0 Å². The minimum absolute atomic E-state index is 0.560. The molecule has 45 heavy (non-hydrogen) atoms. The number of quaternary nitrogens is 1. The highest BCUT2D eigenvalue weighted by molar-refractivity contribution is 5.75. The summed E-state index contributed by atoms with van der Waals surface area (Å²) in [5.74, 6) is -61.9. The second-order valence-electron chi connectivity index (χ2n) is 8.79. The normalized spacial score (nSPS) is 14.7. The fraction of sp³-hybridized carbons (Fsp3) is 0.850. The van der Waals surface area contributed by atoms with E-state index in [0.29, 0.717) is 6.42 Å². The Hall–Kier alpha value is -2.86. The second-order valence-corrected chi connectivity index (χ2v) is 8.79. The lowest BCUT2D eigenvalue weighted by molar-refractivity contribution is -0.461. The van der Waals surface area contributed by atoms with Gasteiger partial charge in [0.2, 0.25) is 0 Å². The molecule has 268 valence electrons. The van der Waals surface area contributed by atoms with Crippen LogP contribution in [-0.4, -0.2) is 89.8 Å². The summed E-state index contributed by atoms with van der Waals surface area (Å²) in [6.07, 6.45) is -10.8. The van der Waals surface area contributed by atoms with Crippen LogP contribution in [0.4, 0.5) is 74.6 Å². The first-order valence-corrected chi connectivity index (χ1v) is 11.6. The molecule has 0 rings (SSSR count). The van der Waals surface area contributed by atoms with E-state index in [9.17, 15) is 94.1 Å². The summed E-state index contributed by atoms with van der Waals surface area (Å²) in [5.41, 5.74) is 8.88. The van der Waals surface area contributed by atoms with E-state index in [1.54, 1.807) is 0 Å². The van der Waals surface area contributed by atoms with Gasteiger partial charge in [0.1, 0.15) is 6.04 Å². The van der Waals surface area contributed by atoms with Gasteiger partial charge >= 0.3 is 59.6 Å². The summed E-state index contributed by atoms with van der Waals surface area (Å²) in [5, 5.41) is 18.4. The summed E-state index contributed by atoms with van der Waals surface area (Å²) in [6.45, 7) is -1.28. The van der Waals surface area contributed by atoms with Gasteiger partial charge in [0.05, 0.1) is 26.0 Å². The number of carboxylic acid groups (broad SMARTS) is 2. The number of carbonyl (C=O) groups excluding carboxylic acids is 2. The van der Waals surface area contributed by atoms with E-state index in [1.165, 1.54) is 0 Å². The molecule has 0 unspecified atom stereocenters. The molecule has 0 saturated carbocycles. The predicted octanol–water partition coefficient (Wildman–Crippen LogP) is 3.27. The Bertz CT molecular complexity index is 1000. The van der Waals surface area contributed by atoms with Gasteiger partial charge in [0, 0.05) is 5.97 Å². The number of carboxylic acids is 2. The SMILES string of the molecule is N[C@@H](CCCC[NH3+])C(=O)O.O=C([O-])CCC(=O)OCCC(F)(F)C(F)(F)C(F)(F)C(F)(F)C(F)(F)C(F)(F)C(F)(F)C(F)(F)F. The van der Waals surface area contributed by atoms with Gasteiger partial charge in [-0.3, -0.25) is 9.59 Å². The van der Waals surface area contributed by atoms with Gasteiger partial charge in [-0.2, -0.15) is 74.6 Å². The van der Waals surface area contributed by atoms with Crippen LogP contribution in [0.15, 0.2) is 0 Å². The minimum Gasteiger partial charge on any atom is -0.550 e. The minimum atomic E-state index is -8.72. The van der Waals surface area contributed by atoms with Crippen LogP contribution in [-0.2, 0) is 19.1 Å². The number of alkyl halides is 17. The Kier molecular flexibility index (Phi) is 14.9. The zero-order valence-electron chi connectivity index (χ0n) is 21.9.